The van der Waals surface area contributed by atoms with Crippen molar-refractivity contribution in [2.45, 2.75) is 124 Å². The van der Waals surface area contributed by atoms with Crippen LogP contribution in [0.5, 0.6) is 5.75 Å². The first-order chi connectivity index (χ1) is 16.5. The minimum Gasteiger partial charge on any atom is -0.494 e. The van der Waals surface area contributed by atoms with E-state index in [2.05, 4.69) is 52.0 Å². The van der Waals surface area contributed by atoms with E-state index in [-0.39, 0.29) is 11.9 Å². The largest absolute Gasteiger partial charge is 0.494 e. The molecule has 1 aliphatic carbocycles. The first-order valence-corrected chi connectivity index (χ1v) is 14.4. The summed E-state index contributed by atoms with van der Waals surface area (Å²) in [5.41, 5.74) is 1.38. The summed E-state index contributed by atoms with van der Waals surface area (Å²) in [4.78, 5) is 12.5. The van der Waals surface area contributed by atoms with E-state index in [1.54, 1.807) is 0 Å². The van der Waals surface area contributed by atoms with Gasteiger partial charge in [0.05, 0.1) is 19.1 Å². The molecule has 2 rings (SSSR count). The Morgan fingerprint density at radius 1 is 0.824 bits per heavy atom. The maximum atomic E-state index is 12.5. The van der Waals surface area contributed by atoms with Crippen LogP contribution in [0.4, 0.5) is 0 Å². The smallest absolute Gasteiger partial charge is 0.308 e. The standard InChI is InChI=1S/C31H52O3/c1-5-6-7-8-9-10-23-33-30-20-18-28(19-21-30)27-14-16-29(17-15-27)31(32)34-24-22-26(4)13-11-12-25(2)3/h18-21,25-27,29H,5-17,22-24H2,1-4H3. The molecule has 0 amide bonds. The first kappa shape index (κ1) is 28.7. The van der Waals surface area contributed by atoms with E-state index in [4.69, 9.17) is 9.47 Å². The molecule has 1 fully saturated rings. The van der Waals surface area contributed by atoms with Gasteiger partial charge in [-0.05, 0) is 74.0 Å². The molecule has 1 unspecified atom stereocenters. The topological polar surface area (TPSA) is 35.5 Å². The monoisotopic (exact) mass is 472 g/mol. The Bertz CT molecular complexity index is 643. The Hall–Kier alpha value is -1.51. The molecule has 1 saturated carbocycles. The SMILES string of the molecule is CCCCCCCCOc1ccc(C2CCC(C(=O)OCCC(C)CCCC(C)C)CC2)cc1. The van der Waals surface area contributed by atoms with E-state index in [0.717, 1.165) is 56.8 Å². The lowest BCUT2D eigenvalue weighted by Crippen LogP contribution is -2.23. The number of hydrogen-bond donors (Lipinski definition) is 0. The van der Waals surface area contributed by atoms with Gasteiger partial charge in [-0.1, -0.05) is 91.2 Å². The number of ether oxygens (including phenoxy) is 2. The average Bonchev–Trinajstić information content (AvgIpc) is 2.83. The highest BCUT2D eigenvalue weighted by atomic mass is 16.5. The third-order valence-electron chi connectivity index (χ3n) is 7.51. The Kier molecular flexibility index (Phi) is 14.4. The maximum absolute atomic E-state index is 12.5. The molecule has 0 bridgehead atoms. The van der Waals surface area contributed by atoms with Crippen molar-refractivity contribution >= 4 is 5.97 Å². The van der Waals surface area contributed by atoms with Crippen LogP contribution in [0, 0.1) is 17.8 Å². The second-order valence-corrected chi connectivity index (χ2v) is 11.1. The molecule has 0 heterocycles. The second kappa shape index (κ2) is 17.0. The van der Waals surface area contributed by atoms with E-state index in [1.165, 1.54) is 56.9 Å². The molecule has 1 aromatic rings. The van der Waals surface area contributed by atoms with Crippen molar-refractivity contribution in [1.82, 2.24) is 0 Å². The van der Waals surface area contributed by atoms with E-state index in [9.17, 15) is 4.79 Å². The van der Waals surface area contributed by atoms with Crippen LogP contribution in [0.25, 0.3) is 0 Å². The predicted octanol–water partition coefficient (Wildman–Crippen LogP) is 9.10. The third kappa shape index (κ3) is 11.8. The van der Waals surface area contributed by atoms with E-state index in [1.807, 2.05) is 0 Å². The number of benzene rings is 1. The molecular formula is C31H52O3. The summed E-state index contributed by atoms with van der Waals surface area (Å²) in [5, 5.41) is 0. The molecule has 0 radical (unpaired) electrons. The molecule has 1 aromatic carbocycles. The molecule has 3 heteroatoms. The molecule has 1 atom stereocenters. The van der Waals surface area contributed by atoms with E-state index in [0.29, 0.717) is 18.4 Å². The zero-order valence-electron chi connectivity index (χ0n) is 22.7. The van der Waals surface area contributed by atoms with Gasteiger partial charge in [-0.2, -0.15) is 0 Å². The number of hydrogen-bond acceptors (Lipinski definition) is 3. The summed E-state index contributed by atoms with van der Waals surface area (Å²) in [6.45, 7) is 10.5. The average molecular weight is 473 g/mol. The molecule has 34 heavy (non-hydrogen) atoms. The molecule has 0 aliphatic heterocycles. The van der Waals surface area contributed by atoms with Gasteiger partial charge in [-0.15, -0.1) is 0 Å². The van der Waals surface area contributed by atoms with Gasteiger partial charge in [0.2, 0.25) is 0 Å². The van der Waals surface area contributed by atoms with Gasteiger partial charge in [-0.25, -0.2) is 0 Å². The van der Waals surface area contributed by atoms with Gasteiger partial charge in [0.1, 0.15) is 5.75 Å². The fourth-order valence-electron chi connectivity index (χ4n) is 5.07. The fraction of sp³-hybridized carbons (Fsp3) is 0.774. The summed E-state index contributed by atoms with van der Waals surface area (Å²) < 4.78 is 11.6. The highest BCUT2D eigenvalue weighted by Gasteiger charge is 2.28. The van der Waals surface area contributed by atoms with Crippen LogP contribution in [-0.2, 0) is 9.53 Å². The molecule has 3 nitrogen and oxygen atoms in total. The van der Waals surface area contributed by atoms with Crippen LogP contribution in [0.1, 0.15) is 129 Å². The lowest BCUT2D eigenvalue weighted by molar-refractivity contribution is -0.150. The number of rotatable bonds is 17. The predicted molar refractivity (Wildman–Crippen MR) is 143 cm³/mol. The van der Waals surface area contributed by atoms with Crippen molar-refractivity contribution in [3.05, 3.63) is 29.8 Å². The highest BCUT2D eigenvalue weighted by molar-refractivity contribution is 5.72. The van der Waals surface area contributed by atoms with Gasteiger partial charge in [0.25, 0.3) is 0 Å². The van der Waals surface area contributed by atoms with Crippen LogP contribution in [0.15, 0.2) is 24.3 Å². The van der Waals surface area contributed by atoms with Crippen molar-refractivity contribution < 1.29 is 14.3 Å². The maximum Gasteiger partial charge on any atom is 0.308 e. The van der Waals surface area contributed by atoms with E-state index < -0.39 is 0 Å². The van der Waals surface area contributed by atoms with Crippen LogP contribution < -0.4 is 4.74 Å². The van der Waals surface area contributed by atoms with Crippen LogP contribution >= 0.6 is 0 Å². The van der Waals surface area contributed by atoms with Crippen LogP contribution in [-0.4, -0.2) is 19.2 Å². The van der Waals surface area contributed by atoms with Gasteiger partial charge in [-0.3, -0.25) is 4.79 Å². The molecule has 0 aromatic heterocycles. The van der Waals surface area contributed by atoms with Gasteiger partial charge in [0, 0.05) is 0 Å². The minimum atomic E-state index is 0.0336. The Morgan fingerprint density at radius 3 is 2.18 bits per heavy atom. The summed E-state index contributed by atoms with van der Waals surface area (Å²) in [7, 11) is 0. The van der Waals surface area contributed by atoms with Gasteiger partial charge < -0.3 is 9.47 Å². The molecule has 0 saturated heterocycles. The van der Waals surface area contributed by atoms with E-state index >= 15 is 0 Å². The first-order valence-electron chi connectivity index (χ1n) is 14.4. The minimum absolute atomic E-state index is 0.0336. The Morgan fingerprint density at radius 2 is 1.50 bits per heavy atom. The molecule has 1 aliphatic rings. The fourth-order valence-corrected chi connectivity index (χ4v) is 5.07. The van der Waals surface area contributed by atoms with Crippen molar-refractivity contribution in [3.8, 4) is 5.75 Å². The zero-order valence-corrected chi connectivity index (χ0v) is 22.7. The van der Waals surface area contributed by atoms with Crippen molar-refractivity contribution in [1.29, 1.82) is 0 Å². The quantitative estimate of drug-likeness (QED) is 0.167. The Balaban J connectivity index is 1.59. The summed E-state index contributed by atoms with van der Waals surface area (Å²) in [5.74, 6) is 3.07. The number of esters is 1. The zero-order chi connectivity index (χ0) is 24.6. The second-order valence-electron chi connectivity index (χ2n) is 11.1. The molecular weight excluding hydrogens is 420 g/mol. The van der Waals surface area contributed by atoms with Crippen LogP contribution in [0.3, 0.4) is 0 Å². The number of carbonyl (C=O) groups is 1. The Labute approximate surface area is 210 Å². The van der Waals surface area contributed by atoms with Crippen LogP contribution in [0.2, 0.25) is 0 Å². The normalized spacial score (nSPS) is 19.2. The number of carbonyl (C=O) groups excluding carboxylic acids is 1. The lowest BCUT2D eigenvalue weighted by Gasteiger charge is -2.27. The van der Waals surface area contributed by atoms with Gasteiger partial charge >= 0.3 is 5.97 Å². The third-order valence-corrected chi connectivity index (χ3v) is 7.51. The number of unbranched alkanes of at least 4 members (excludes halogenated alkanes) is 5. The summed E-state index contributed by atoms with van der Waals surface area (Å²) >= 11 is 0. The van der Waals surface area contributed by atoms with Crippen molar-refractivity contribution in [2.24, 2.45) is 17.8 Å². The molecule has 0 spiro atoms. The van der Waals surface area contributed by atoms with Gasteiger partial charge in [0.15, 0.2) is 0 Å². The molecule has 194 valence electrons. The summed E-state index contributed by atoms with van der Waals surface area (Å²) in [6.07, 6.45) is 16.6. The lowest BCUT2D eigenvalue weighted by atomic mass is 9.79. The highest BCUT2D eigenvalue weighted by Crippen LogP contribution is 2.36. The van der Waals surface area contributed by atoms with Crippen molar-refractivity contribution in [3.63, 3.8) is 0 Å². The van der Waals surface area contributed by atoms with Crippen molar-refractivity contribution in [2.75, 3.05) is 13.2 Å². The summed E-state index contributed by atoms with van der Waals surface area (Å²) in [6, 6.07) is 8.69. The molecule has 0 N–H and O–H groups in total.